The van der Waals surface area contributed by atoms with E-state index < -0.39 is 0 Å². The molecular weight excluding hydrogens is 289 g/mol. The second-order valence-corrected chi connectivity index (χ2v) is 5.56. The molecule has 1 rings (SSSR count). The number of benzene rings is 1. The van der Waals surface area contributed by atoms with Crippen LogP contribution < -0.4 is 0 Å². The molecule has 0 saturated heterocycles. The van der Waals surface area contributed by atoms with Crippen molar-refractivity contribution in [3.8, 4) is 0 Å². The lowest BCUT2D eigenvalue weighted by Gasteiger charge is -2.18. The van der Waals surface area contributed by atoms with Crippen molar-refractivity contribution in [3.05, 3.63) is 33.8 Å². The largest absolute Gasteiger partial charge is 0.343 e. The Balaban J connectivity index is 2.49. The highest BCUT2D eigenvalue weighted by atomic mass is 35.5. The monoisotopic (exact) mass is 305 g/mol. The Morgan fingerprint density at radius 1 is 1.22 bits per heavy atom. The first kappa shape index (κ1) is 15.7. The molecule has 1 aromatic carbocycles. The third-order valence-corrected chi connectivity index (χ3v) is 4.30. The maximum Gasteiger partial charge on any atom is 0.232 e. The van der Waals surface area contributed by atoms with Crippen molar-refractivity contribution in [1.82, 2.24) is 4.90 Å². The van der Waals surface area contributed by atoms with E-state index >= 15 is 0 Å². The summed E-state index contributed by atoms with van der Waals surface area (Å²) >= 11 is 13.7. The van der Waals surface area contributed by atoms with E-state index in [9.17, 15) is 4.79 Å². The van der Waals surface area contributed by atoms with E-state index in [-0.39, 0.29) is 5.91 Å². The Morgan fingerprint density at radius 2 is 1.78 bits per heavy atom. The maximum atomic E-state index is 11.8. The number of nitrogens with zero attached hydrogens (tertiary/aromatic N) is 1. The van der Waals surface area contributed by atoms with Crippen molar-refractivity contribution in [3.63, 3.8) is 0 Å². The third-order valence-electron chi connectivity index (χ3n) is 2.65. The lowest BCUT2D eigenvalue weighted by atomic mass is 10.2. The van der Waals surface area contributed by atoms with Crippen LogP contribution in [0.15, 0.2) is 18.2 Å². The lowest BCUT2D eigenvalue weighted by molar-refractivity contribution is -0.127. The molecule has 2 nitrogen and oxygen atoms in total. The summed E-state index contributed by atoms with van der Waals surface area (Å²) in [5.41, 5.74) is 0.901. The number of thioether (sulfide) groups is 1. The van der Waals surface area contributed by atoms with Gasteiger partial charge in [-0.05, 0) is 31.5 Å². The van der Waals surface area contributed by atoms with E-state index in [1.165, 1.54) is 0 Å². The van der Waals surface area contributed by atoms with Gasteiger partial charge in [-0.15, -0.1) is 11.8 Å². The van der Waals surface area contributed by atoms with Crippen molar-refractivity contribution >= 4 is 40.9 Å². The predicted octanol–water partition coefficient (Wildman–Crippen LogP) is 4.10. The van der Waals surface area contributed by atoms with Gasteiger partial charge in [0.25, 0.3) is 0 Å². The summed E-state index contributed by atoms with van der Waals surface area (Å²) < 4.78 is 0. The van der Waals surface area contributed by atoms with E-state index in [0.29, 0.717) is 21.6 Å². The average molecular weight is 306 g/mol. The zero-order valence-electron chi connectivity index (χ0n) is 10.6. The summed E-state index contributed by atoms with van der Waals surface area (Å²) in [6.45, 7) is 5.47. The van der Waals surface area contributed by atoms with Gasteiger partial charge in [0.1, 0.15) is 0 Å². The molecule has 0 saturated carbocycles. The smallest absolute Gasteiger partial charge is 0.232 e. The molecule has 0 bridgehead atoms. The molecule has 0 aliphatic rings. The zero-order chi connectivity index (χ0) is 13.5. The normalized spacial score (nSPS) is 10.4. The second kappa shape index (κ2) is 7.93. The van der Waals surface area contributed by atoms with E-state index in [4.69, 9.17) is 23.2 Å². The number of halogens is 2. The minimum Gasteiger partial charge on any atom is -0.343 e. The van der Waals surface area contributed by atoms with E-state index in [2.05, 4.69) is 0 Å². The fourth-order valence-electron chi connectivity index (χ4n) is 1.58. The second-order valence-electron chi connectivity index (χ2n) is 3.76. The standard InChI is InChI=1S/C13H17Cl2NOS/c1-3-16(4-2)13(17)9-18-8-10-11(14)6-5-7-12(10)15/h5-7H,3-4,8-9H2,1-2H3. The van der Waals surface area contributed by atoms with Crippen LogP contribution in [0.5, 0.6) is 0 Å². The predicted molar refractivity (Wildman–Crippen MR) is 80.6 cm³/mol. The van der Waals surface area contributed by atoms with E-state index in [1.54, 1.807) is 11.8 Å². The molecule has 0 spiro atoms. The molecule has 0 N–H and O–H groups in total. The molecule has 0 atom stereocenters. The number of amides is 1. The molecular formula is C13H17Cl2NOS. The van der Waals surface area contributed by atoms with E-state index in [1.807, 2.05) is 36.9 Å². The van der Waals surface area contributed by atoms with Crippen LogP contribution in [0.2, 0.25) is 10.0 Å². The Morgan fingerprint density at radius 3 is 2.28 bits per heavy atom. The minimum absolute atomic E-state index is 0.160. The van der Waals surface area contributed by atoms with E-state index in [0.717, 1.165) is 18.7 Å². The molecule has 0 unspecified atom stereocenters. The fourth-order valence-corrected chi connectivity index (χ4v) is 3.24. The van der Waals surface area contributed by atoms with Gasteiger partial charge in [-0.1, -0.05) is 29.3 Å². The zero-order valence-corrected chi connectivity index (χ0v) is 12.9. The first-order valence-electron chi connectivity index (χ1n) is 5.88. The van der Waals surface area contributed by atoms with Crippen molar-refractivity contribution in [2.24, 2.45) is 0 Å². The van der Waals surface area contributed by atoms with Gasteiger partial charge in [0.05, 0.1) is 5.75 Å². The number of carbonyl (C=O) groups excluding carboxylic acids is 1. The van der Waals surface area contributed by atoms with Crippen LogP contribution in [0.3, 0.4) is 0 Å². The van der Waals surface area contributed by atoms with Crippen molar-refractivity contribution in [2.75, 3.05) is 18.8 Å². The Hall–Kier alpha value is -0.380. The van der Waals surface area contributed by atoms with Gasteiger partial charge in [-0.25, -0.2) is 0 Å². The van der Waals surface area contributed by atoms with Crippen LogP contribution in [0.25, 0.3) is 0 Å². The average Bonchev–Trinajstić information content (AvgIpc) is 2.34. The Labute approximate surface area is 123 Å². The van der Waals surface area contributed by atoms with Gasteiger partial charge in [-0.2, -0.15) is 0 Å². The first-order chi connectivity index (χ1) is 8.60. The van der Waals surface area contributed by atoms with Gasteiger partial charge in [0.15, 0.2) is 0 Å². The van der Waals surface area contributed by atoms with Gasteiger partial charge >= 0.3 is 0 Å². The van der Waals surface area contributed by atoms with Gasteiger partial charge in [0.2, 0.25) is 5.91 Å². The SMILES string of the molecule is CCN(CC)C(=O)CSCc1c(Cl)cccc1Cl. The van der Waals surface area contributed by atoms with Crippen LogP contribution in [-0.2, 0) is 10.5 Å². The lowest BCUT2D eigenvalue weighted by Crippen LogP contribution is -2.31. The summed E-state index contributed by atoms with van der Waals surface area (Å²) in [6, 6.07) is 5.45. The van der Waals surface area contributed by atoms with Crippen LogP contribution in [0.1, 0.15) is 19.4 Å². The molecule has 100 valence electrons. The molecule has 0 heterocycles. The quantitative estimate of drug-likeness (QED) is 0.789. The highest BCUT2D eigenvalue weighted by molar-refractivity contribution is 7.99. The third kappa shape index (κ3) is 4.38. The number of carbonyl (C=O) groups is 1. The molecule has 5 heteroatoms. The van der Waals surface area contributed by atoms with Crippen molar-refractivity contribution in [2.45, 2.75) is 19.6 Å². The number of rotatable bonds is 6. The molecule has 1 aromatic rings. The van der Waals surface area contributed by atoms with Gasteiger partial charge < -0.3 is 4.90 Å². The van der Waals surface area contributed by atoms with Gasteiger partial charge in [-0.3, -0.25) is 4.79 Å². The van der Waals surface area contributed by atoms with Crippen molar-refractivity contribution in [1.29, 1.82) is 0 Å². The molecule has 0 aliphatic heterocycles. The van der Waals surface area contributed by atoms with Crippen LogP contribution in [0, 0.1) is 0 Å². The molecule has 1 amide bonds. The Kier molecular flexibility index (Phi) is 6.90. The summed E-state index contributed by atoms with van der Waals surface area (Å²) in [5, 5.41) is 1.32. The van der Waals surface area contributed by atoms with Gasteiger partial charge in [0, 0.05) is 28.9 Å². The number of hydrogen-bond acceptors (Lipinski definition) is 2. The number of hydrogen-bond donors (Lipinski definition) is 0. The van der Waals surface area contributed by atoms with Crippen LogP contribution >= 0.6 is 35.0 Å². The topological polar surface area (TPSA) is 20.3 Å². The molecule has 0 aromatic heterocycles. The Bertz CT molecular complexity index is 388. The molecule has 0 aliphatic carbocycles. The summed E-state index contributed by atoms with van der Waals surface area (Å²) in [6.07, 6.45) is 0. The van der Waals surface area contributed by atoms with Crippen LogP contribution in [0.4, 0.5) is 0 Å². The molecule has 0 fully saturated rings. The summed E-state index contributed by atoms with van der Waals surface area (Å²) in [7, 11) is 0. The first-order valence-corrected chi connectivity index (χ1v) is 7.79. The fraction of sp³-hybridized carbons (Fsp3) is 0.462. The van der Waals surface area contributed by atoms with Crippen molar-refractivity contribution < 1.29 is 4.79 Å². The highest BCUT2D eigenvalue weighted by Gasteiger charge is 2.11. The molecule has 0 radical (unpaired) electrons. The maximum absolute atomic E-state index is 11.8. The minimum atomic E-state index is 0.160. The highest BCUT2D eigenvalue weighted by Crippen LogP contribution is 2.28. The van der Waals surface area contributed by atoms with Crippen LogP contribution in [-0.4, -0.2) is 29.6 Å². The summed E-state index contributed by atoms with van der Waals surface area (Å²) in [4.78, 5) is 13.6. The molecule has 18 heavy (non-hydrogen) atoms. The summed E-state index contributed by atoms with van der Waals surface area (Å²) in [5.74, 6) is 1.28.